The van der Waals surface area contributed by atoms with Crippen molar-refractivity contribution in [3.8, 4) is 5.75 Å². The van der Waals surface area contributed by atoms with Gasteiger partial charge in [-0.25, -0.2) is 0 Å². The topological polar surface area (TPSA) is 41.5 Å². The summed E-state index contributed by atoms with van der Waals surface area (Å²) in [6.07, 6.45) is 3.01. The molecule has 0 atom stereocenters. The van der Waals surface area contributed by atoms with Crippen molar-refractivity contribution < 1.29 is 9.84 Å². The molecule has 0 saturated carbocycles. The monoisotopic (exact) mass is 391 g/mol. The van der Waals surface area contributed by atoms with Crippen molar-refractivity contribution in [3.63, 3.8) is 0 Å². The number of aliphatic hydroxyl groups excluding tert-OH is 1. The minimum Gasteiger partial charge on any atom is -0.489 e. The lowest BCUT2D eigenvalue weighted by Gasteiger charge is -2.13. The molecule has 2 N–H and O–H groups in total. The van der Waals surface area contributed by atoms with E-state index in [1.54, 1.807) is 0 Å². The summed E-state index contributed by atoms with van der Waals surface area (Å²) in [6, 6.07) is 14.5. The molecule has 4 heteroatoms. The van der Waals surface area contributed by atoms with E-state index in [4.69, 9.17) is 9.84 Å². The van der Waals surface area contributed by atoms with Gasteiger partial charge in [0.2, 0.25) is 0 Å². The molecule has 0 aliphatic rings. The fraction of sp³-hybridized carbons (Fsp3) is 0.400. The zero-order valence-electron chi connectivity index (χ0n) is 14.2. The van der Waals surface area contributed by atoms with Crippen molar-refractivity contribution in [2.45, 2.75) is 39.3 Å². The molecule has 2 rings (SSSR count). The van der Waals surface area contributed by atoms with E-state index in [-0.39, 0.29) is 6.61 Å². The number of nitrogens with one attached hydrogen (secondary N) is 1. The zero-order valence-corrected chi connectivity index (χ0v) is 15.8. The molecule has 0 fully saturated rings. The Labute approximate surface area is 153 Å². The molecule has 24 heavy (non-hydrogen) atoms. The number of ether oxygens (including phenoxy) is 1. The second-order valence-corrected chi connectivity index (χ2v) is 6.91. The van der Waals surface area contributed by atoms with E-state index in [9.17, 15) is 0 Å². The Bertz CT molecular complexity index is 631. The molecule has 0 aliphatic heterocycles. The lowest BCUT2D eigenvalue weighted by molar-refractivity contribution is 0.282. The van der Waals surface area contributed by atoms with Crippen LogP contribution in [0.25, 0.3) is 0 Å². The standard InChI is InChI=1S/C20H26BrNO2/c1-16-6-5-7-17(12-16)15-24-20-9-8-19(21)13-18(20)14-22-10-3-2-4-11-23/h5-9,12-13,22-23H,2-4,10-11,14-15H2,1H3. The molecular weight excluding hydrogens is 366 g/mol. The predicted octanol–water partition coefficient (Wildman–Crippen LogP) is 4.59. The number of hydrogen-bond acceptors (Lipinski definition) is 3. The smallest absolute Gasteiger partial charge is 0.124 e. The molecule has 0 spiro atoms. The van der Waals surface area contributed by atoms with Crippen LogP contribution in [0.2, 0.25) is 0 Å². The van der Waals surface area contributed by atoms with Crippen molar-refractivity contribution in [1.82, 2.24) is 5.32 Å². The van der Waals surface area contributed by atoms with E-state index in [0.29, 0.717) is 6.61 Å². The van der Waals surface area contributed by atoms with Crippen LogP contribution in [-0.2, 0) is 13.2 Å². The Morgan fingerprint density at radius 3 is 2.75 bits per heavy atom. The summed E-state index contributed by atoms with van der Waals surface area (Å²) in [5.41, 5.74) is 3.58. The second-order valence-electron chi connectivity index (χ2n) is 5.99. The highest BCUT2D eigenvalue weighted by Gasteiger charge is 2.05. The number of benzene rings is 2. The van der Waals surface area contributed by atoms with Crippen molar-refractivity contribution >= 4 is 15.9 Å². The average molecular weight is 392 g/mol. The van der Waals surface area contributed by atoms with Crippen LogP contribution in [-0.4, -0.2) is 18.3 Å². The molecule has 0 radical (unpaired) electrons. The van der Waals surface area contributed by atoms with Gasteiger partial charge in [0.25, 0.3) is 0 Å². The number of hydrogen-bond donors (Lipinski definition) is 2. The van der Waals surface area contributed by atoms with Gasteiger partial charge < -0.3 is 15.2 Å². The third-order valence-electron chi connectivity index (χ3n) is 3.83. The van der Waals surface area contributed by atoms with Crippen LogP contribution in [0.5, 0.6) is 5.75 Å². The van der Waals surface area contributed by atoms with Crippen molar-refractivity contribution in [1.29, 1.82) is 0 Å². The molecule has 3 nitrogen and oxygen atoms in total. The minimum absolute atomic E-state index is 0.280. The summed E-state index contributed by atoms with van der Waals surface area (Å²) >= 11 is 3.53. The summed E-state index contributed by atoms with van der Waals surface area (Å²) in [6.45, 7) is 4.68. The van der Waals surface area contributed by atoms with Gasteiger partial charge in [-0.1, -0.05) is 45.8 Å². The van der Waals surface area contributed by atoms with Gasteiger partial charge in [-0.3, -0.25) is 0 Å². The summed E-state index contributed by atoms with van der Waals surface area (Å²) < 4.78 is 7.09. The van der Waals surface area contributed by atoms with Crippen molar-refractivity contribution in [3.05, 3.63) is 63.6 Å². The van der Waals surface area contributed by atoms with E-state index in [0.717, 1.165) is 48.1 Å². The Kier molecular flexibility index (Phi) is 8.29. The lowest BCUT2D eigenvalue weighted by Crippen LogP contribution is -2.15. The van der Waals surface area contributed by atoms with E-state index in [1.807, 2.05) is 12.1 Å². The van der Waals surface area contributed by atoms with E-state index in [2.05, 4.69) is 58.5 Å². The molecule has 0 aliphatic carbocycles. The zero-order chi connectivity index (χ0) is 17.2. The van der Waals surface area contributed by atoms with Crippen LogP contribution < -0.4 is 10.1 Å². The molecule has 2 aromatic rings. The largest absolute Gasteiger partial charge is 0.489 e. The number of rotatable bonds is 10. The van der Waals surface area contributed by atoms with Gasteiger partial charge in [-0.05, 0) is 56.5 Å². The van der Waals surface area contributed by atoms with Gasteiger partial charge in [0.05, 0.1) is 0 Å². The van der Waals surface area contributed by atoms with Gasteiger partial charge in [0, 0.05) is 23.2 Å². The third kappa shape index (κ3) is 6.63. The fourth-order valence-corrected chi connectivity index (χ4v) is 2.96. The number of unbranched alkanes of at least 4 members (excludes halogenated alkanes) is 2. The van der Waals surface area contributed by atoms with Crippen molar-refractivity contribution in [2.75, 3.05) is 13.2 Å². The summed E-state index contributed by atoms with van der Waals surface area (Å²) in [5.74, 6) is 0.919. The molecule has 0 unspecified atom stereocenters. The van der Waals surface area contributed by atoms with Gasteiger partial charge in [0.1, 0.15) is 12.4 Å². The van der Waals surface area contributed by atoms with Gasteiger partial charge in [-0.15, -0.1) is 0 Å². The molecule has 0 amide bonds. The summed E-state index contributed by atoms with van der Waals surface area (Å²) in [4.78, 5) is 0. The Hall–Kier alpha value is -1.36. The maximum atomic E-state index is 8.80. The van der Waals surface area contributed by atoms with Gasteiger partial charge in [0.15, 0.2) is 0 Å². The molecule has 0 bridgehead atoms. The summed E-state index contributed by atoms with van der Waals surface area (Å²) in [7, 11) is 0. The highest BCUT2D eigenvalue weighted by molar-refractivity contribution is 9.10. The lowest BCUT2D eigenvalue weighted by atomic mass is 10.1. The maximum Gasteiger partial charge on any atom is 0.124 e. The van der Waals surface area contributed by atoms with Crippen LogP contribution in [0, 0.1) is 6.92 Å². The van der Waals surface area contributed by atoms with Gasteiger partial charge >= 0.3 is 0 Å². The number of aryl methyl sites for hydroxylation is 1. The molecular formula is C20H26BrNO2. The average Bonchev–Trinajstić information content (AvgIpc) is 2.57. The van der Waals surface area contributed by atoms with Crippen LogP contribution in [0.4, 0.5) is 0 Å². The van der Waals surface area contributed by atoms with Crippen LogP contribution in [0.1, 0.15) is 36.0 Å². The summed E-state index contributed by atoms with van der Waals surface area (Å²) in [5, 5.41) is 12.2. The minimum atomic E-state index is 0.280. The first-order chi connectivity index (χ1) is 11.7. The van der Waals surface area contributed by atoms with Gasteiger partial charge in [-0.2, -0.15) is 0 Å². The molecule has 0 aromatic heterocycles. The highest BCUT2D eigenvalue weighted by Crippen LogP contribution is 2.24. The normalized spacial score (nSPS) is 10.8. The Morgan fingerprint density at radius 2 is 1.96 bits per heavy atom. The van der Waals surface area contributed by atoms with Crippen LogP contribution in [0.15, 0.2) is 46.9 Å². The maximum absolute atomic E-state index is 8.80. The number of aliphatic hydroxyl groups is 1. The quantitative estimate of drug-likeness (QED) is 0.582. The van der Waals surface area contributed by atoms with Crippen LogP contribution >= 0.6 is 15.9 Å². The Morgan fingerprint density at radius 1 is 1.08 bits per heavy atom. The molecule has 0 heterocycles. The highest BCUT2D eigenvalue weighted by atomic mass is 79.9. The Balaban J connectivity index is 1.89. The van der Waals surface area contributed by atoms with Crippen LogP contribution in [0.3, 0.4) is 0 Å². The third-order valence-corrected chi connectivity index (χ3v) is 4.32. The van der Waals surface area contributed by atoms with E-state index < -0.39 is 0 Å². The molecule has 130 valence electrons. The number of halogens is 1. The fourth-order valence-electron chi connectivity index (χ4n) is 2.55. The van der Waals surface area contributed by atoms with E-state index in [1.165, 1.54) is 11.1 Å². The van der Waals surface area contributed by atoms with Crippen molar-refractivity contribution in [2.24, 2.45) is 0 Å². The molecule has 0 saturated heterocycles. The first-order valence-corrected chi connectivity index (χ1v) is 9.26. The molecule has 2 aromatic carbocycles. The van der Waals surface area contributed by atoms with E-state index >= 15 is 0 Å². The first kappa shape index (κ1) is 19.0. The first-order valence-electron chi connectivity index (χ1n) is 8.47. The SMILES string of the molecule is Cc1cccc(COc2ccc(Br)cc2CNCCCCCO)c1. The predicted molar refractivity (Wildman–Crippen MR) is 102 cm³/mol. The second kappa shape index (κ2) is 10.5.